The number of hydrazone groups is 1. The summed E-state index contributed by atoms with van der Waals surface area (Å²) >= 11 is 9.12. The summed E-state index contributed by atoms with van der Waals surface area (Å²) in [6, 6.07) is 11.8. The van der Waals surface area contributed by atoms with Gasteiger partial charge in [-0.15, -0.1) is 0 Å². The average Bonchev–Trinajstić information content (AvgIpc) is 2.49. The first kappa shape index (κ1) is 16.5. The SMILES string of the molecule is O=C(CNc1cccc(F)c1Cl)N/N=C/c1cccc(Br)c1. The lowest BCUT2D eigenvalue weighted by Gasteiger charge is -2.07. The second-order valence-electron chi connectivity index (χ2n) is 4.30. The molecule has 0 heterocycles. The molecule has 0 atom stereocenters. The molecule has 0 bridgehead atoms. The minimum Gasteiger partial charge on any atom is -0.375 e. The molecule has 2 N–H and O–H groups in total. The summed E-state index contributed by atoms with van der Waals surface area (Å²) in [6.07, 6.45) is 1.53. The topological polar surface area (TPSA) is 53.5 Å². The van der Waals surface area contributed by atoms with Gasteiger partial charge in [-0.05, 0) is 29.8 Å². The highest BCUT2D eigenvalue weighted by atomic mass is 79.9. The standard InChI is InChI=1S/C15H12BrClFN3O/c16-11-4-1-3-10(7-11)8-20-21-14(22)9-19-13-6-2-5-12(18)15(13)17/h1-8,19H,9H2,(H,21,22)/b20-8+. The van der Waals surface area contributed by atoms with Crippen LogP contribution in [0.25, 0.3) is 0 Å². The molecule has 4 nitrogen and oxygen atoms in total. The molecular weight excluding hydrogens is 373 g/mol. The maximum Gasteiger partial charge on any atom is 0.259 e. The molecule has 0 unspecified atom stereocenters. The number of carbonyl (C=O) groups excluding carboxylic acids is 1. The quantitative estimate of drug-likeness (QED) is 0.608. The van der Waals surface area contributed by atoms with E-state index in [1.54, 1.807) is 6.07 Å². The first-order valence-corrected chi connectivity index (χ1v) is 7.49. The number of hydrogen-bond donors (Lipinski definition) is 2. The van der Waals surface area contributed by atoms with Gasteiger partial charge in [-0.3, -0.25) is 4.79 Å². The molecule has 0 spiro atoms. The van der Waals surface area contributed by atoms with Crippen LogP contribution in [0.3, 0.4) is 0 Å². The van der Waals surface area contributed by atoms with Crippen LogP contribution in [0.5, 0.6) is 0 Å². The zero-order valence-corrected chi connectivity index (χ0v) is 13.7. The summed E-state index contributed by atoms with van der Waals surface area (Å²) in [4.78, 5) is 11.6. The molecule has 0 aliphatic rings. The van der Waals surface area contributed by atoms with E-state index >= 15 is 0 Å². The maximum absolute atomic E-state index is 13.2. The summed E-state index contributed by atoms with van der Waals surface area (Å²) < 4.78 is 14.1. The van der Waals surface area contributed by atoms with Crippen LogP contribution in [-0.2, 0) is 4.79 Å². The molecule has 0 aliphatic heterocycles. The predicted molar refractivity (Wildman–Crippen MR) is 89.8 cm³/mol. The summed E-state index contributed by atoms with van der Waals surface area (Å²) in [7, 11) is 0. The van der Waals surface area contributed by atoms with Crippen LogP contribution < -0.4 is 10.7 Å². The van der Waals surface area contributed by atoms with Crippen LogP contribution in [0.4, 0.5) is 10.1 Å². The minimum absolute atomic E-state index is 0.0482. The Balaban J connectivity index is 1.84. The number of amides is 1. The van der Waals surface area contributed by atoms with Crippen LogP contribution >= 0.6 is 27.5 Å². The van der Waals surface area contributed by atoms with E-state index < -0.39 is 5.82 Å². The Labute approximate surface area is 140 Å². The molecule has 0 fully saturated rings. The molecule has 2 rings (SSSR count). The van der Waals surface area contributed by atoms with Gasteiger partial charge in [0.25, 0.3) is 5.91 Å². The third-order valence-electron chi connectivity index (χ3n) is 2.64. The van der Waals surface area contributed by atoms with Crippen molar-refractivity contribution in [3.05, 3.63) is 63.3 Å². The van der Waals surface area contributed by atoms with Crippen molar-refractivity contribution in [3.63, 3.8) is 0 Å². The zero-order chi connectivity index (χ0) is 15.9. The van der Waals surface area contributed by atoms with Crippen LogP contribution in [0.2, 0.25) is 5.02 Å². The number of nitrogens with zero attached hydrogens (tertiary/aromatic N) is 1. The first-order valence-electron chi connectivity index (χ1n) is 6.31. The van der Waals surface area contributed by atoms with Crippen molar-refractivity contribution in [1.82, 2.24) is 5.43 Å². The number of anilines is 1. The maximum atomic E-state index is 13.2. The lowest BCUT2D eigenvalue weighted by molar-refractivity contribution is -0.119. The summed E-state index contributed by atoms with van der Waals surface area (Å²) in [5.74, 6) is -0.911. The van der Waals surface area contributed by atoms with Crippen molar-refractivity contribution < 1.29 is 9.18 Å². The minimum atomic E-state index is -0.542. The van der Waals surface area contributed by atoms with Crippen LogP contribution in [0.1, 0.15) is 5.56 Å². The second-order valence-corrected chi connectivity index (χ2v) is 5.60. The Bertz CT molecular complexity index is 709. The molecule has 114 valence electrons. The average molecular weight is 385 g/mol. The molecule has 0 saturated carbocycles. The molecule has 0 aliphatic carbocycles. The fourth-order valence-corrected chi connectivity index (χ4v) is 2.23. The van der Waals surface area contributed by atoms with Gasteiger partial charge in [0.05, 0.1) is 23.5 Å². The number of hydrogen-bond acceptors (Lipinski definition) is 3. The van der Waals surface area contributed by atoms with E-state index in [4.69, 9.17) is 11.6 Å². The fourth-order valence-electron chi connectivity index (χ4n) is 1.62. The molecule has 7 heteroatoms. The van der Waals surface area contributed by atoms with Gasteiger partial charge in [-0.25, -0.2) is 9.82 Å². The Kier molecular flexibility index (Phi) is 5.91. The molecule has 2 aromatic rings. The van der Waals surface area contributed by atoms with E-state index in [2.05, 4.69) is 31.8 Å². The number of rotatable bonds is 5. The number of nitrogens with one attached hydrogen (secondary N) is 2. The van der Waals surface area contributed by atoms with Crippen molar-refractivity contribution in [2.24, 2.45) is 5.10 Å². The Hall–Kier alpha value is -1.92. The van der Waals surface area contributed by atoms with Crippen LogP contribution in [0, 0.1) is 5.82 Å². The van der Waals surface area contributed by atoms with E-state index in [0.29, 0.717) is 5.69 Å². The summed E-state index contributed by atoms with van der Waals surface area (Å²) in [5, 5.41) is 6.54. The van der Waals surface area contributed by atoms with E-state index in [-0.39, 0.29) is 17.5 Å². The Morgan fingerprint density at radius 1 is 1.32 bits per heavy atom. The zero-order valence-electron chi connectivity index (χ0n) is 11.3. The smallest absolute Gasteiger partial charge is 0.259 e. The molecule has 22 heavy (non-hydrogen) atoms. The highest BCUT2D eigenvalue weighted by molar-refractivity contribution is 9.10. The van der Waals surface area contributed by atoms with Crippen molar-refractivity contribution in [2.75, 3.05) is 11.9 Å². The summed E-state index contributed by atoms with van der Waals surface area (Å²) in [5.41, 5.74) is 3.57. The fraction of sp³-hybridized carbons (Fsp3) is 0.0667. The van der Waals surface area contributed by atoms with E-state index in [9.17, 15) is 9.18 Å². The molecule has 0 radical (unpaired) electrons. The molecule has 2 aromatic carbocycles. The lowest BCUT2D eigenvalue weighted by atomic mass is 10.2. The second kappa shape index (κ2) is 7.91. The van der Waals surface area contributed by atoms with Crippen LogP contribution in [0.15, 0.2) is 52.0 Å². The molecule has 0 saturated heterocycles. The van der Waals surface area contributed by atoms with Gasteiger partial charge in [0.2, 0.25) is 0 Å². The van der Waals surface area contributed by atoms with Gasteiger partial charge in [-0.1, -0.05) is 45.7 Å². The van der Waals surface area contributed by atoms with Gasteiger partial charge >= 0.3 is 0 Å². The lowest BCUT2D eigenvalue weighted by Crippen LogP contribution is -2.26. The van der Waals surface area contributed by atoms with Gasteiger partial charge in [0.1, 0.15) is 5.82 Å². The van der Waals surface area contributed by atoms with Gasteiger partial charge in [-0.2, -0.15) is 5.10 Å². The Morgan fingerprint density at radius 3 is 2.86 bits per heavy atom. The first-order chi connectivity index (χ1) is 10.6. The molecular formula is C15H12BrClFN3O. The molecule has 1 amide bonds. The van der Waals surface area contributed by atoms with Gasteiger partial charge < -0.3 is 5.32 Å². The van der Waals surface area contributed by atoms with Gasteiger partial charge in [0.15, 0.2) is 0 Å². The van der Waals surface area contributed by atoms with Crippen molar-refractivity contribution in [3.8, 4) is 0 Å². The highest BCUT2D eigenvalue weighted by Gasteiger charge is 2.06. The van der Waals surface area contributed by atoms with E-state index in [0.717, 1.165) is 10.0 Å². The van der Waals surface area contributed by atoms with Gasteiger partial charge in [0, 0.05) is 4.47 Å². The van der Waals surface area contributed by atoms with Crippen molar-refractivity contribution >= 4 is 45.3 Å². The predicted octanol–water partition coefficient (Wildman–Crippen LogP) is 3.80. The monoisotopic (exact) mass is 383 g/mol. The number of benzene rings is 2. The number of halogens is 3. The number of carbonyl (C=O) groups is 1. The molecule has 0 aromatic heterocycles. The van der Waals surface area contributed by atoms with Crippen LogP contribution in [-0.4, -0.2) is 18.7 Å². The Morgan fingerprint density at radius 2 is 2.09 bits per heavy atom. The van der Waals surface area contributed by atoms with E-state index in [1.165, 1.54) is 18.3 Å². The highest BCUT2D eigenvalue weighted by Crippen LogP contribution is 2.23. The third-order valence-corrected chi connectivity index (χ3v) is 3.52. The van der Waals surface area contributed by atoms with E-state index in [1.807, 2.05) is 24.3 Å². The normalized spacial score (nSPS) is 10.7. The van der Waals surface area contributed by atoms with Crippen molar-refractivity contribution in [1.29, 1.82) is 0 Å². The largest absolute Gasteiger partial charge is 0.375 e. The van der Waals surface area contributed by atoms with Crippen molar-refractivity contribution in [2.45, 2.75) is 0 Å². The summed E-state index contributed by atoms with van der Waals surface area (Å²) in [6.45, 7) is -0.0704. The third kappa shape index (κ3) is 4.82.